The summed E-state index contributed by atoms with van der Waals surface area (Å²) in [6, 6.07) is 11.4. The molecule has 190 valence electrons. The lowest BCUT2D eigenvalue weighted by Gasteiger charge is -2.27. The van der Waals surface area contributed by atoms with Crippen molar-refractivity contribution in [3.05, 3.63) is 65.0 Å². The number of furan rings is 1. The first kappa shape index (κ1) is 23.1. The van der Waals surface area contributed by atoms with Gasteiger partial charge < -0.3 is 33.2 Å². The number of hydrogen-bond donors (Lipinski definition) is 3. The van der Waals surface area contributed by atoms with Crippen LogP contribution in [0.1, 0.15) is 12.0 Å². The van der Waals surface area contributed by atoms with Crippen molar-refractivity contribution in [1.29, 1.82) is 0 Å². The maximum atomic E-state index is 13.6. The Labute approximate surface area is 213 Å². The SMILES string of the molecule is Cc1occc1Sc1nc2c(=O)n3cc(-c4ccccc4)[nH]c3nc2n1[C@@H]1OC2CO[P@@](O)O[C@H]2[C@@H]1O. The highest BCUT2D eigenvalue weighted by Crippen LogP contribution is 2.47. The molecular weight excluding hydrogens is 521 g/mol. The number of aromatic nitrogens is 5. The summed E-state index contributed by atoms with van der Waals surface area (Å²) in [6.07, 6.45) is -0.320. The molecule has 5 aromatic rings. The van der Waals surface area contributed by atoms with Gasteiger partial charge >= 0.3 is 8.60 Å². The predicted molar refractivity (Wildman–Crippen MR) is 132 cm³/mol. The molecule has 14 heteroatoms. The van der Waals surface area contributed by atoms with Crippen LogP contribution in [0.25, 0.3) is 28.2 Å². The maximum absolute atomic E-state index is 13.6. The van der Waals surface area contributed by atoms with E-state index in [0.29, 0.717) is 16.7 Å². The molecule has 0 radical (unpaired) electrons. The van der Waals surface area contributed by atoms with Gasteiger partial charge in [0.1, 0.15) is 24.1 Å². The van der Waals surface area contributed by atoms with Gasteiger partial charge in [0.15, 0.2) is 22.5 Å². The maximum Gasteiger partial charge on any atom is 0.330 e. The molecule has 0 amide bonds. The van der Waals surface area contributed by atoms with Crippen LogP contribution in [-0.2, 0) is 13.8 Å². The molecule has 3 N–H and O–H groups in total. The zero-order valence-electron chi connectivity index (χ0n) is 19.2. The van der Waals surface area contributed by atoms with Crippen molar-refractivity contribution in [3.63, 3.8) is 0 Å². The van der Waals surface area contributed by atoms with Gasteiger partial charge in [-0.3, -0.25) is 9.36 Å². The van der Waals surface area contributed by atoms with Crippen LogP contribution in [0, 0.1) is 6.92 Å². The van der Waals surface area contributed by atoms with Gasteiger partial charge in [0.25, 0.3) is 5.56 Å². The lowest BCUT2D eigenvalue weighted by molar-refractivity contribution is -0.0614. The fourth-order valence-corrected chi connectivity index (χ4v) is 6.36. The molecule has 2 aliphatic heterocycles. The number of aryl methyl sites for hydroxylation is 1. The molecule has 37 heavy (non-hydrogen) atoms. The van der Waals surface area contributed by atoms with Gasteiger partial charge in [-0.2, -0.15) is 4.98 Å². The number of H-pyrrole nitrogens is 1. The van der Waals surface area contributed by atoms with Gasteiger partial charge in [-0.1, -0.05) is 30.3 Å². The number of nitrogens with one attached hydrogen (secondary N) is 1. The van der Waals surface area contributed by atoms with Gasteiger partial charge in [-0.05, 0) is 30.3 Å². The van der Waals surface area contributed by atoms with Crippen molar-refractivity contribution in [1.82, 2.24) is 23.9 Å². The number of fused-ring (bicyclic) bond motifs is 3. The molecule has 0 bridgehead atoms. The van der Waals surface area contributed by atoms with Crippen LogP contribution in [-0.4, -0.2) is 58.8 Å². The van der Waals surface area contributed by atoms with Gasteiger partial charge in [-0.25, -0.2) is 9.38 Å². The Hall–Kier alpha value is -3.03. The highest BCUT2D eigenvalue weighted by atomic mass is 32.2. The van der Waals surface area contributed by atoms with Crippen molar-refractivity contribution in [3.8, 4) is 11.3 Å². The molecule has 0 spiro atoms. The normalized spacial score (nSPS) is 25.8. The second kappa shape index (κ2) is 8.77. The second-order valence-electron chi connectivity index (χ2n) is 8.68. The zero-order chi connectivity index (χ0) is 25.3. The van der Waals surface area contributed by atoms with Gasteiger partial charge in [0.2, 0.25) is 5.78 Å². The number of nitrogens with zero attached hydrogens (tertiary/aromatic N) is 4. The Morgan fingerprint density at radius 3 is 2.84 bits per heavy atom. The highest BCUT2D eigenvalue weighted by molar-refractivity contribution is 7.99. The van der Waals surface area contributed by atoms with E-state index in [9.17, 15) is 14.8 Å². The topological polar surface area (TPSA) is 149 Å². The van der Waals surface area contributed by atoms with E-state index in [2.05, 4.69) is 9.97 Å². The van der Waals surface area contributed by atoms with E-state index in [4.69, 9.17) is 23.2 Å². The molecule has 12 nitrogen and oxygen atoms in total. The van der Waals surface area contributed by atoms with E-state index >= 15 is 0 Å². The number of hydrogen-bond acceptors (Lipinski definition) is 10. The van der Waals surface area contributed by atoms with Crippen molar-refractivity contribution in [2.24, 2.45) is 0 Å². The smallest absolute Gasteiger partial charge is 0.330 e. The Morgan fingerprint density at radius 2 is 2.05 bits per heavy atom. The van der Waals surface area contributed by atoms with E-state index in [1.165, 1.54) is 16.2 Å². The minimum Gasteiger partial charge on any atom is -0.468 e. The van der Waals surface area contributed by atoms with E-state index < -0.39 is 33.1 Å². The largest absolute Gasteiger partial charge is 0.468 e. The molecular formula is C23H20N5O7PS. The molecule has 7 rings (SSSR count). The van der Waals surface area contributed by atoms with Crippen LogP contribution in [0.4, 0.5) is 0 Å². The van der Waals surface area contributed by atoms with Gasteiger partial charge in [0, 0.05) is 6.20 Å². The minimum atomic E-state index is -2.11. The van der Waals surface area contributed by atoms with Crippen molar-refractivity contribution < 1.29 is 28.2 Å². The molecule has 2 saturated heterocycles. The zero-order valence-corrected chi connectivity index (χ0v) is 20.9. The van der Waals surface area contributed by atoms with Gasteiger partial charge in [-0.15, -0.1) is 0 Å². The van der Waals surface area contributed by atoms with Crippen LogP contribution in [0.5, 0.6) is 0 Å². The van der Waals surface area contributed by atoms with Crippen LogP contribution >= 0.6 is 20.4 Å². The van der Waals surface area contributed by atoms with E-state index in [-0.39, 0.29) is 23.3 Å². The standard InChI is InChI=1S/C23H20N5O7PS/c1-11-15(7-8-32-11)37-23-25-16-19(28(23)21-17(29)18-14(34-21)10-33-36(31)35-18)26-22-24-13(9-27(22)20(16)30)12-5-3-2-4-6-12/h2-9,14,17-18,21,29,31H,10H2,1H3,(H,24,26)/t14?,17-,18+,21+,36+/m0/s1. The predicted octanol–water partition coefficient (Wildman–Crippen LogP) is 2.98. The summed E-state index contributed by atoms with van der Waals surface area (Å²) >= 11 is 1.27. The number of rotatable bonds is 4. The summed E-state index contributed by atoms with van der Waals surface area (Å²) in [4.78, 5) is 36.8. The van der Waals surface area contributed by atoms with Crippen LogP contribution < -0.4 is 5.56 Å². The van der Waals surface area contributed by atoms with E-state index in [1.54, 1.807) is 23.1 Å². The summed E-state index contributed by atoms with van der Waals surface area (Å²) in [5, 5.41) is 11.6. The van der Waals surface area contributed by atoms with Crippen LogP contribution in [0.2, 0.25) is 0 Å². The summed E-state index contributed by atoms with van der Waals surface area (Å²) in [6.45, 7) is 1.88. The second-order valence-corrected chi connectivity index (χ2v) is 10.6. The van der Waals surface area contributed by atoms with Crippen LogP contribution in [0.15, 0.2) is 68.1 Å². The summed E-state index contributed by atoms with van der Waals surface area (Å²) in [5.74, 6) is 0.994. The van der Waals surface area contributed by atoms with Crippen molar-refractivity contribution in [2.45, 2.75) is 41.5 Å². The monoisotopic (exact) mass is 541 g/mol. The highest BCUT2D eigenvalue weighted by Gasteiger charge is 2.50. The van der Waals surface area contributed by atoms with Crippen LogP contribution in [0.3, 0.4) is 0 Å². The summed E-state index contributed by atoms with van der Waals surface area (Å²) in [7, 11) is -2.11. The summed E-state index contributed by atoms with van der Waals surface area (Å²) in [5.41, 5.74) is 1.61. The molecule has 0 aliphatic carbocycles. The van der Waals surface area contributed by atoms with Gasteiger partial charge in [0.05, 0.1) is 23.5 Å². The molecule has 4 aromatic heterocycles. The molecule has 1 aromatic carbocycles. The number of aliphatic hydroxyl groups excluding tert-OH is 1. The quantitative estimate of drug-likeness (QED) is 0.290. The number of aliphatic hydroxyl groups is 1. The molecule has 2 fully saturated rings. The lowest BCUT2D eigenvalue weighted by Crippen LogP contribution is -2.38. The van der Waals surface area contributed by atoms with Crippen molar-refractivity contribution in [2.75, 3.05) is 6.61 Å². The van der Waals surface area contributed by atoms with E-state index in [1.807, 2.05) is 37.3 Å². The average Bonchev–Trinajstić information content (AvgIpc) is 3.66. The lowest BCUT2D eigenvalue weighted by atomic mass is 10.1. The molecule has 1 unspecified atom stereocenters. The number of ether oxygens (including phenoxy) is 1. The Morgan fingerprint density at radius 1 is 1.22 bits per heavy atom. The summed E-state index contributed by atoms with van der Waals surface area (Å²) < 4.78 is 25.2. The third-order valence-corrected chi connectivity index (χ3v) is 8.35. The van der Waals surface area contributed by atoms with E-state index in [0.717, 1.165) is 16.2 Å². The first-order chi connectivity index (χ1) is 18.0. The fourth-order valence-electron chi connectivity index (χ4n) is 4.62. The first-order valence-electron chi connectivity index (χ1n) is 11.4. The molecule has 6 heterocycles. The minimum absolute atomic E-state index is 0.0633. The fraction of sp³-hybridized carbons (Fsp3) is 0.261. The van der Waals surface area contributed by atoms with Crippen molar-refractivity contribution >= 4 is 37.3 Å². The Bertz CT molecular complexity index is 1680. The third-order valence-electron chi connectivity index (χ3n) is 6.44. The average molecular weight is 541 g/mol. The Balaban J connectivity index is 1.41. The number of aromatic amines is 1. The number of benzene rings is 1. The molecule has 5 atom stereocenters. The Kier molecular flexibility index (Phi) is 5.48. The molecule has 2 aliphatic rings. The first-order valence-corrected chi connectivity index (χ1v) is 13.4. The number of imidazole rings is 2. The molecule has 0 saturated carbocycles. The third kappa shape index (κ3) is 3.74.